The molecule has 1 aliphatic rings. The van der Waals surface area contributed by atoms with E-state index in [1.165, 1.54) is 12.1 Å². The van der Waals surface area contributed by atoms with Gasteiger partial charge in [0.05, 0.1) is 0 Å². The molecule has 1 aromatic carbocycles. The van der Waals surface area contributed by atoms with Crippen LogP contribution in [-0.4, -0.2) is 25.5 Å². The third kappa shape index (κ3) is 3.26. The van der Waals surface area contributed by atoms with Crippen molar-refractivity contribution in [3.63, 3.8) is 0 Å². The van der Waals surface area contributed by atoms with Crippen LogP contribution in [0.3, 0.4) is 0 Å². The molecule has 3 nitrogen and oxygen atoms in total. The van der Waals surface area contributed by atoms with Gasteiger partial charge in [0.15, 0.2) is 11.6 Å². The first kappa shape index (κ1) is 13.0. The van der Waals surface area contributed by atoms with Crippen LogP contribution in [0.2, 0.25) is 0 Å². The summed E-state index contributed by atoms with van der Waals surface area (Å²) in [6.45, 7) is 2.51. The Balaban J connectivity index is 1.76. The minimum absolute atomic E-state index is 0.120. The highest BCUT2D eigenvalue weighted by Gasteiger charge is 2.17. The highest BCUT2D eigenvalue weighted by atomic mass is 19.2. The first-order valence-corrected chi connectivity index (χ1v) is 6.07. The number of carbonyl (C=O) groups excluding carboxylic acids is 1. The van der Waals surface area contributed by atoms with Crippen molar-refractivity contribution < 1.29 is 13.6 Å². The lowest BCUT2D eigenvalue weighted by molar-refractivity contribution is -0.121. The highest BCUT2D eigenvalue weighted by Crippen LogP contribution is 2.13. The van der Waals surface area contributed by atoms with Crippen molar-refractivity contribution in [3.05, 3.63) is 35.4 Å². The van der Waals surface area contributed by atoms with Gasteiger partial charge in [0.1, 0.15) is 0 Å². The summed E-state index contributed by atoms with van der Waals surface area (Å²) in [6.07, 6.45) is 0.402. The maximum absolute atomic E-state index is 13.3. The van der Waals surface area contributed by atoms with Crippen molar-refractivity contribution in [3.8, 4) is 0 Å². The van der Waals surface area contributed by atoms with E-state index in [2.05, 4.69) is 10.6 Å². The summed E-state index contributed by atoms with van der Waals surface area (Å²) in [5.74, 6) is -1.34. The first-order chi connectivity index (χ1) is 8.66. The SMILES string of the molecule is O=C(CCc1cccc(F)c1F)NCC1CNC1. The van der Waals surface area contributed by atoms with Crippen LogP contribution < -0.4 is 10.6 Å². The highest BCUT2D eigenvalue weighted by molar-refractivity contribution is 5.76. The van der Waals surface area contributed by atoms with Gasteiger partial charge in [-0.15, -0.1) is 0 Å². The Hall–Kier alpha value is -1.49. The Morgan fingerprint density at radius 1 is 1.39 bits per heavy atom. The van der Waals surface area contributed by atoms with Gasteiger partial charge in [-0.25, -0.2) is 8.78 Å². The number of hydrogen-bond acceptors (Lipinski definition) is 2. The lowest BCUT2D eigenvalue weighted by Crippen LogP contribution is -2.48. The van der Waals surface area contributed by atoms with E-state index >= 15 is 0 Å². The van der Waals surface area contributed by atoms with E-state index in [4.69, 9.17) is 0 Å². The van der Waals surface area contributed by atoms with Crippen molar-refractivity contribution in [1.29, 1.82) is 0 Å². The Labute approximate surface area is 105 Å². The zero-order valence-corrected chi connectivity index (χ0v) is 10.0. The average Bonchev–Trinajstić information content (AvgIpc) is 2.29. The summed E-state index contributed by atoms with van der Waals surface area (Å²) >= 11 is 0. The van der Waals surface area contributed by atoms with Crippen molar-refractivity contribution in [2.45, 2.75) is 12.8 Å². The minimum Gasteiger partial charge on any atom is -0.356 e. The van der Waals surface area contributed by atoms with E-state index in [0.29, 0.717) is 12.5 Å². The van der Waals surface area contributed by atoms with Gasteiger partial charge in [0.2, 0.25) is 5.91 Å². The van der Waals surface area contributed by atoms with Crippen molar-refractivity contribution in [2.75, 3.05) is 19.6 Å². The number of amides is 1. The quantitative estimate of drug-likeness (QED) is 0.830. The van der Waals surface area contributed by atoms with Gasteiger partial charge in [-0.05, 0) is 18.1 Å². The second kappa shape index (κ2) is 5.91. The van der Waals surface area contributed by atoms with Gasteiger partial charge in [0.25, 0.3) is 0 Å². The molecule has 1 amide bonds. The van der Waals surface area contributed by atoms with Crippen molar-refractivity contribution in [1.82, 2.24) is 10.6 Å². The van der Waals surface area contributed by atoms with E-state index in [1.807, 2.05) is 0 Å². The van der Waals surface area contributed by atoms with Crippen LogP contribution in [0.25, 0.3) is 0 Å². The molecule has 1 heterocycles. The summed E-state index contributed by atoms with van der Waals surface area (Å²) in [5.41, 5.74) is 0.246. The molecule has 0 atom stereocenters. The summed E-state index contributed by atoms with van der Waals surface area (Å²) in [5, 5.41) is 5.91. The molecule has 0 radical (unpaired) electrons. The number of carbonyl (C=O) groups is 1. The third-order valence-electron chi connectivity index (χ3n) is 3.11. The van der Waals surface area contributed by atoms with Gasteiger partial charge < -0.3 is 10.6 Å². The molecule has 1 aromatic rings. The molecule has 0 saturated carbocycles. The second-order valence-electron chi connectivity index (χ2n) is 4.54. The molecule has 1 saturated heterocycles. The maximum Gasteiger partial charge on any atom is 0.220 e. The monoisotopic (exact) mass is 254 g/mol. The smallest absolute Gasteiger partial charge is 0.220 e. The fourth-order valence-electron chi connectivity index (χ4n) is 1.83. The molecule has 5 heteroatoms. The van der Waals surface area contributed by atoms with Crippen LogP contribution in [0.4, 0.5) is 8.78 Å². The summed E-state index contributed by atoms with van der Waals surface area (Å²) < 4.78 is 26.2. The van der Waals surface area contributed by atoms with Gasteiger partial charge in [-0.1, -0.05) is 12.1 Å². The maximum atomic E-state index is 13.3. The van der Waals surface area contributed by atoms with Crippen LogP contribution in [0.1, 0.15) is 12.0 Å². The Kier molecular flexibility index (Phi) is 4.25. The molecule has 0 bridgehead atoms. The first-order valence-electron chi connectivity index (χ1n) is 6.07. The number of rotatable bonds is 5. The van der Waals surface area contributed by atoms with Crippen molar-refractivity contribution in [2.24, 2.45) is 5.92 Å². The molecule has 1 aliphatic heterocycles. The van der Waals surface area contributed by atoms with E-state index < -0.39 is 11.6 Å². The van der Waals surface area contributed by atoms with Gasteiger partial charge in [-0.3, -0.25) is 4.79 Å². The molecule has 2 N–H and O–H groups in total. The fraction of sp³-hybridized carbons (Fsp3) is 0.462. The molecule has 98 valence electrons. The predicted molar refractivity (Wildman–Crippen MR) is 64.0 cm³/mol. The van der Waals surface area contributed by atoms with Crippen LogP contribution in [0, 0.1) is 17.6 Å². The number of halogens is 2. The molecule has 18 heavy (non-hydrogen) atoms. The molecular formula is C13H16F2N2O. The molecule has 0 aromatic heterocycles. The average molecular weight is 254 g/mol. The normalized spacial score (nSPS) is 15.2. The summed E-state index contributed by atoms with van der Waals surface area (Å²) in [4.78, 5) is 11.5. The van der Waals surface area contributed by atoms with Gasteiger partial charge in [-0.2, -0.15) is 0 Å². The topological polar surface area (TPSA) is 41.1 Å². The second-order valence-corrected chi connectivity index (χ2v) is 4.54. The van der Waals surface area contributed by atoms with Crippen molar-refractivity contribution >= 4 is 5.91 Å². The Bertz CT molecular complexity index is 433. The number of hydrogen-bond donors (Lipinski definition) is 2. The number of nitrogens with one attached hydrogen (secondary N) is 2. The number of benzene rings is 1. The van der Waals surface area contributed by atoms with Gasteiger partial charge >= 0.3 is 0 Å². The van der Waals surface area contributed by atoms with Gasteiger partial charge in [0, 0.05) is 32.0 Å². The molecule has 0 aliphatic carbocycles. The Morgan fingerprint density at radius 2 is 2.17 bits per heavy atom. The van der Waals surface area contributed by atoms with E-state index in [9.17, 15) is 13.6 Å². The zero-order valence-electron chi connectivity index (χ0n) is 10.0. The lowest BCUT2D eigenvalue weighted by atomic mass is 10.0. The molecule has 0 unspecified atom stereocenters. The summed E-state index contributed by atoms with van der Waals surface area (Å²) in [6, 6.07) is 4.02. The van der Waals surface area contributed by atoms with Crippen LogP contribution in [0.5, 0.6) is 0 Å². The summed E-state index contributed by atoms with van der Waals surface area (Å²) in [7, 11) is 0. The van der Waals surface area contributed by atoms with Crippen LogP contribution in [-0.2, 0) is 11.2 Å². The van der Waals surface area contributed by atoms with E-state index in [1.54, 1.807) is 0 Å². The number of aryl methyl sites for hydroxylation is 1. The van der Waals surface area contributed by atoms with Crippen LogP contribution >= 0.6 is 0 Å². The van der Waals surface area contributed by atoms with E-state index in [0.717, 1.165) is 19.2 Å². The van der Waals surface area contributed by atoms with E-state index in [-0.39, 0.29) is 24.3 Å². The molecular weight excluding hydrogens is 238 g/mol. The standard InChI is InChI=1S/C13H16F2N2O/c14-11-3-1-2-10(13(11)15)4-5-12(18)17-8-9-6-16-7-9/h1-3,9,16H,4-8H2,(H,17,18). The zero-order chi connectivity index (χ0) is 13.0. The molecule has 0 spiro atoms. The third-order valence-corrected chi connectivity index (χ3v) is 3.11. The van der Waals surface area contributed by atoms with Crippen LogP contribution in [0.15, 0.2) is 18.2 Å². The molecule has 1 fully saturated rings. The predicted octanol–water partition coefficient (Wildman–Crippen LogP) is 1.23. The molecule has 2 rings (SSSR count). The lowest BCUT2D eigenvalue weighted by Gasteiger charge is -2.27. The fourth-order valence-corrected chi connectivity index (χ4v) is 1.83. The Morgan fingerprint density at radius 3 is 2.83 bits per heavy atom. The minimum atomic E-state index is -0.867. The largest absolute Gasteiger partial charge is 0.356 e.